The van der Waals surface area contributed by atoms with Crippen molar-refractivity contribution in [2.24, 2.45) is 4.99 Å². The SMILES string of the molecule is CN=C(NCCCOC1CCCc2ccccc21)N1CCC(N2CCCC2)C1. The van der Waals surface area contributed by atoms with E-state index in [1.165, 1.54) is 56.3 Å². The van der Waals surface area contributed by atoms with Crippen molar-refractivity contribution in [3.63, 3.8) is 0 Å². The molecule has 1 aromatic rings. The average Bonchev–Trinajstić information content (AvgIpc) is 3.42. The van der Waals surface area contributed by atoms with E-state index in [2.05, 4.69) is 44.4 Å². The minimum Gasteiger partial charge on any atom is -0.373 e. The molecule has 2 heterocycles. The summed E-state index contributed by atoms with van der Waals surface area (Å²) in [4.78, 5) is 9.62. The van der Waals surface area contributed by atoms with Gasteiger partial charge in [0.25, 0.3) is 0 Å². The largest absolute Gasteiger partial charge is 0.373 e. The maximum absolute atomic E-state index is 6.23. The van der Waals surface area contributed by atoms with Crippen LogP contribution in [0.1, 0.15) is 55.8 Å². The molecule has 2 aliphatic heterocycles. The zero-order valence-corrected chi connectivity index (χ0v) is 17.4. The summed E-state index contributed by atoms with van der Waals surface area (Å²) in [6.07, 6.45) is 8.89. The molecule has 1 aromatic carbocycles. The first-order valence-electron chi connectivity index (χ1n) is 11.2. The summed E-state index contributed by atoms with van der Waals surface area (Å²) in [5.41, 5.74) is 2.88. The minimum absolute atomic E-state index is 0.282. The summed E-state index contributed by atoms with van der Waals surface area (Å²) >= 11 is 0. The molecule has 0 radical (unpaired) electrons. The highest BCUT2D eigenvalue weighted by Gasteiger charge is 2.30. The molecule has 4 rings (SSSR count). The monoisotopic (exact) mass is 384 g/mol. The smallest absolute Gasteiger partial charge is 0.193 e. The molecule has 2 unspecified atom stereocenters. The number of benzene rings is 1. The number of hydrogen-bond acceptors (Lipinski definition) is 3. The van der Waals surface area contributed by atoms with Crippen molar-refractivity contribution in [2.75, 3.05) is 46.4 Å². The maximum Gasteiger partial charge on any atom is 0.193 e. The second-order valence-electron chi connectivity index (χ2n) is 8.41. The van der Waals surface area contributed by atoms with Crippen LogP contribution in [0.15, 0.2) is 29.3 Å². The van der Waals surface area contributed by atoms with Gasteiger partial charge in [0, 0.05) is 39.3 Å². The van der Waals surface area contributed by atoms with E-state index in [4.69, 9.17) is 4.74 Å². The summed E-state index contributed by atoms with van der Waals surface area (Å²) in [5.74, 6) is 1.06. The maximum atomic E-state index is 6.23. The van der Waals surface area contributed by atoms with E-state index in [0.29, 0.717) is 0 Å². The Kier molecular flexibility index (Phi) is 6.86. The Balaban J connectivity index is 1.17. The highest BCUT2D eigenvalue weighted by molar-refractivity contribution is 5.80. The number of nitrogens with one attached hydrogen (secondary N) is 1. The number of rotatable bonds is 6. The van der Waals surface area contributed by atoms with Crippen LogP contribution in [0.3, 0.4) is 0 Å². The molecule has 154 valence electrons. The van der Waals surface area contributed by atoms with Gasteiger partial charge < -0.3 is 15.0 Å². The summed E-state index contributed by atoms with van der Waals surface area (Å²) in [7, 11) is 1.90. The van der Waals surface area contributed by atoms with E-state index in [0.717, 1.165) is 51.1 Å². The van der Waals surface area contributed by atoms with Crippen LogP contribution in [0.4, 0.5) is 0 Å². The van der Waals surface area contributed by atoms with Crippen molar-refractivity contribution < 1.29 is 4.74 Å². The normalized spacial score (nSPS) is 25.9. The van der Waals surface area contributed by atoms with Crippen LogP contribution in [0.5, 0.6) is 0 Å². The number of guanidine groups is 1. The average molecular weight is 385 g/mol. The van der Waals surface area contributed by atoms with Gasteiger partial charge in [-0.05, 0) is 69.2 Å². The molecule has 1 aliphatic carbocycles. The third-order valence-electron chi connectivity index (χ3n) is 6.57. The predicted octanol–water partition coefficient (Wildman–Crippen LogP) is 3.22. The molecule has 0 saturated carbocycles. The van der Waals surface area contributed by atoms with E-state index in [1.54, 1.807) is 0 Å². The van der Waals surface area contributed by atoms with Crippen LogP contribution >= 0.6 is 0 Å². The molecule has 3 aliphatic rings. The number of aliphatic imine (C=N–C) groups is 1. The first-order chi connectivity index (χ1) is 13.8. The Bertz CT molecular complexity index is 656. The van der Waals surface area contributed by atoms with Gasteiger partial charge in [-0.3, -0.25) is 9.89 Å². The zero-order valence-electron chi connectivity index (χ0n) is 17.4. The second-order valence-corrected chi connectivity index (χ2v) is 8.41. The Morgan fingerprint density at radius 3 is 2.86 bits per heavy atom. The molecule has 5 heteroatoms. The molecule has 0 spiro atoms. The molecule has 1 N–H and O–H groups in total. The second kappa shape index (κ2) is 9.75. The van der Waals surface area contributed by atoms with Crippen LogP contribution in [0.2, 0.25) is 0 Å². The third-order valence-corrected chi connectivity index (χ3v) is 6.57. The fourth-order valence-corrected chi connectivity index (χ4v) is 5.05. The first kappa shape index (κ1) is 19.7. The molecule has 2 saturated heterocycles. The highest BCUT2D eigenvalue weighted by Crippen LogP contribution is 2.32. The van der Waals surface area contributed by atoms with Crippen LogP contribution in [-0.2, 0) is 11.2 Å². The third kappa shape index (κ3) is 4.69. The summed E-state index contributed by atoms with van der Waals surface area (Å²) < 4.78 is 6.23. The lowest BCUT2D eigenvalue weighted by molar-refractivity contribution is 0.0397. The van der Waals surface area contributed by atoms with Crippen molar-refractivity contribution >= 4 is 5.96 Å². The van der Waals surface area contributed by atoms with Crippen LogP contribution in [0, 0.1) is 0 Å². The van der Waals surface area contributed by atoms with Gasteiger partial charge in [-0.15, -0.1) is 0 Å². The van der Waals surface area contributed by atoms with Gasteiger partial charge in [0.2, 0.25) is 0 Å². The zero-order chi connectivity index (χ0) is 19.2. The quantitative estimate of drug-likeness (QED) is 0.464. The van der Waals surface area contributed by atoms with Crippen molar-refractivity contribution in [1.29, 1.82) is 0 Å². The van der Waals surface area contributed by atoms with Crippen molar-refractivity contribution in [2.45, 2.75) is 57.1 Å². The number of hydrogen-bond donors (Lipinski definition) is 1. The highest BCUT2D eigenvalue weighted by atomic mass is 16.5. The molecule has 28 heavy (non-hydrogen) atoms. The molecular weight excluding hydrogens is 348 g/mol. The van der Waals surface area contributed by atoms with Crippen LogP contribution < -0.4 is 5.32 Å². The number of aryl methyl sites for hydroxylation is 1. The van der Waals surface area contributed by atoms with Gasteiger partial charge in [-0.1, -0.05) is 24.3 Å². The molecule has 2 fully saturated rings. The topological polar surface area (TPSA) is 40.1 Å². The number of fused-ring (bicyclic) bond motifs is 1. The van der Waals surface area contributed by atoms with Gasteiger partial charge in [0.15, 0.2) is 5.96 Å². The van der Waals surface area contributed by atoms with Gasteiger partial charge in [0.1, 0.15) is 0 Å². The summed E-state index contributed by atoms with van der Waals surface area (Å²) in [6.45, 7) is 6.54. The van der Waals surface area contributed by atoms with Crippen molar-refractivity contribution in [1.82, 2.24) is 15.1 Å². The minimum atomic E-state index is 0.282. The molecule has 0 aromatic heterocycles. The van der Waals surface area contributed by atoms with Crippen molar-refractivity contribution in [3.8, 4) is 0 Å². The van der Waals surface area contributed by atoms with E-state index in [9.17, 15) is 0 Å². The lowest BCUT2D eigenvalue weighted by Crippen LogP contribution is -2.43. The lowest BCUT2D eigenvalue weighted by atomic mass is 9.89. The molecule has 2 atom stereocenters. The van der Waals surface area contributed by atoms with E-state index >= 15 is 0 Å². The molecule has 0 bridgehead atoms. The van der Waals surface area contributed by atoms with Gasteiger partial charge in [0.05, 0.1) is 6.10 Å². The molecule has 5 nitrogen and oxygen atoms in total. The summed E-state index contributed by atoms with van der Waals surface area (Å²) in [6, 6.07) is 9.49. The van der Waals surface area contributed by atoms with Crippen LogP contribution in [-0.4, -0.2) is 68.2 Å². The van der Waals surface area contributed by atoms with Gasteiger partial charge >= 0.3 is 0 Å². The number of nitrogens with zero attached hydrogens (tertiary/aromatic N) is 3. The Morgan fingerprint density at radius 2 is 2.00 bits per heavy atom. The van der Waals surface area contributed by atoms with E-state index in [-0.39, 0.29) is 6.10 Å². The summed E-state index contributed by atoms with van der Waals surface area (Å²) in [5, 5.41) is 3.56. The molecular formula is C23H36N4O. The van der Waals surface area contributed by atoms with E-state index < -0.39 is 0 Å². The number of ether oxygens (including phenoxy) is 1. The Morgan fingerprint density at radius 1 is 1.14 bits per heavy atom. The van der Waals surface area contributed by atoms with Crippen LogP contribution in [0.25, 0.3) is 0 Å². The molecule has 0 amide bonds. The first-order valence-corrected chi connectivity index (χ1v) is 11.2. The van der Waals surface area contributed by atoms with Crippen molar-refractivity contribution in [3.05, 3.63) is 35.4 Å². The van der Waals surface area contributed by atoms with Gasteiger partial charge in [-0.2, -0.15) is 0 Å². The van der Waals surface area contributed by atoms with E-state index in [1.807, 2.05) is 7.05 Å². The lowest BCUT2D eigenvalue weighted by Gasteiger charge is -2.26. The Hall–Kier alpha value is -1.59. The number of likely N-dealkylation sites (tertiary alicyclic amines) is 2. The van der Waals surface area contributed by atoms with Gasteiger partial charge in [-0.25, -0.2) is 0 Å². The standard InChI is InChI=1S/C23H36N4O/c1-24-23(27-16-12-20(18-27)26-14-4-5-15-26)25-13-7-17-28-22-11-6-9-19-8-2-3-10-21(19)22/h2-3,8,10,20,22H,4-7,9,11-18H2,1H3,(H,24,25). The fourth-order valence-electron chi connectivity index (χ4n) is 5.05. The predicted molar refractivity (Wildman–Crippen MR) is 115 cm³/mol. The Labute approximate surface area is 170 Å². The fraction of sp³-hybridized carbons (Fsp3) is 0.696.